The summed E-state index contributed by atoms with van der Waals surface area (Å²) in [4.78, 5) is 47.9. The van der Waals surface area contributed by atoms with Gasteiger partial charge in [-0.15, -0.1) is 11.3 Å². The molecular formula is C20H17N5O3S. The molecule has 0 unspecified atom stereocenters. The highest BCUT2D eigenvalue weighted by atomic mass is 32.1. The Hall–Kier alpha value is -3.59. The lowest BCUT2D eigenvalue weighted by molar-refractivity contribution is 0.102. The lowest BCUT2D eigenvalue weighted by Gasteiger charge is -2.05. The summed E-state index contributed by atoms with van der Waals surface area (Å²) in [5.74, 6) is -0.462. The number of aryl methyl sites for hydroxylation is 2. The zero-order valence-electron chi connectivity index (χ0n) is 15.7. The molecule has 0 fully saturated rings. The third-order valence-electron chi connectivity index (χ3n) is 4.43. The second kappa shape index (κ2) is 7.44. The molecule has 4 rings (SSSR count). The minimum Gasteiger partial charge on any atom is -0.296 e. The van der Waals surface area contributed by atoms with Gasteiger partial charge in [0.05, 0.1) is 5.39 Å². The Bertz CT molecular complexity index is 1350. The molecule has 4 aromatic rings. The average Bonchev–Trinajstić information content (AvgIpc) is 3.12. The van der Waals surface area contributed by atoms with E-state index in [2.05, 4.69) is 32.4 Å². The Labute approximate surface area is 168 Å². The van der Waals surface area contributed by atoms with E-state index in [9.17, 15) is 14.4 Å². The topological polar surface area (TPSA) is 110 Å². The van der Waals surface area contributed by atoms with Gasteiger partial charge in [-0.2, -0.15) is 0 Å². The zero-order valence-corrected chi connectivity index (χ0v) is 16.5. The van der Waals surface area contributed by atoms with Gasteiger partial charge in [-0.1, -0.05) is 29.8 Å². The molecule has 0 saturated heterocycles. The molecule has 3 heterocycles. The smallest absolute Gasteiger partial charge is 0.296 e. The number of H-pyrrole nitrogens is 1. The number of nitrogens with one attached hydrogen (secondary N) is 2. The number of benzene rings is 1. The fraction of sp³-hybridized carbons (Fsp3) is 0.150. The number of carbonyl (C=O) groups is 1. The minimum atomic E-state index is -0.590. The van der Waals surface area contributed by atoms with Crippen LogP contribution in [0.15, 0.2) is 52.2 Å². The van der Waals surface area contributed by atoms with Crippen molar-refractivity contribution in [3.63, 3.8) is 0 Å². The fourth-order valence-electron chi connectivity index (χ4n) is 2.98. The van der Waals surface area contributed by atoms with E-state index in [0.29, 0.717) is 5.13 Å². The van der Waals surface area contributed by atoms with Crippen LogP contribution in [0.1, 0.15) is 26.5 Å². The van der Waals surface area contributed by atoms with Gasteiger partial charge in [0.25, 0.3) is 11.5 Å². The molecular weight excluding hydrogens is 390 g/mol. The van der Waals surface area contributed by atoms with E-state index in [1.807, 2.05) is 19.1 Å². The summed E-state index contributed by atoms with van der Waals surface area (Å²) in [5, 5.41) is 3.41. The van der Waals surface area contributed by atoms with Crippen molar-refractivity contribution in [3.8, 4) is 0 Å². The first-order chi connectivity index (χ1) is 13.9. The van der Waals surface area contributed by atoms with Crippen molar-refractivity contribution in [3.05, 3.63) is 85.1 Å². The molecule has 0 aliphatic rings. The van der Waals surface area contributed by atoms with Crippen molar-refractivity contribution in [2.24, 2.45) is 7.05 Å². The van der Waals surface area contributed by atoms with Crippen LogP contribution in [0, 0.1) is 6.92 Å². The molecule has 0 bridgehead atoms. The molecule has 146 valence electrons. The summed E-state index contributed by atoms with van der Waals surface area (Å²) in [6, 6.07) is 11.1. The highest BCUT2D eigenvalue weighted by Crippen LogP contribution is 2.22. The van der Waals surface area contributed by atoms with Crippen molar-refractivity contribution < 1.29 is 4.79 Å². The van der Waals surface area contributed by atoms with E-state index in [1.54, 1.807) is 6.20 Å². The number of pyridine rings is 1. The van der Waals surface area contributed by atoms with Crippen LogP contribution in [0.4, 0.5) is 5.13 Å². The molecule has 3 aromatic heterocycles. The van der Waals surface area contributed by atoms with Gasteiger partial charge in [-0.25, -0.2) is 14.8 Å². The number of hydrogen-bond donors (Lipinski definition) is 2. The predicted molar refractivity (Wildman–Crippen MR) is 112 cm³/mol. The van der Waals surface area contributed by atoms with E-state index >= 15 is 0 Å². The predicted octanol–water partition coefficient (Wildman–Crippen LogP) is 2.23. The number of rotatable bonds is 4. The maximum atomic E-state index is 12.6. The number of anilines is 1. The second-order valence-electron chi connectivity index (χ2n) is 6.64. The highest BCUT2D eigenvalue weighted by Gasteiger charge is 2.14. The third-order valence-corrected chi connectivity index (χ3v) is 5.34. The van der Waals surface area contributed by atoms with Crippen LogP contribution in [-0.2, 0) is 13.5 Å². The first-order valence-electron chi connectivity index (χ1n) is 8.82. The average molecular weight is 407 g/mol. The van der Waals surface area contributed by atoms with Gasteiger partial charge < -0.3 is 0 Å². The Morgan fingerprint density at radius 2 is 2.07 bits per heavy atom. The molecule has 0 aliphatic carbocycles. The summed E-state index contributed by atoms with van der Waals surface area (Å²) in [5.41, 5.74) is 1.47. The number of aromatic nitrogens is 4. The molecule has 8 nitrogen and oxygen atoms in total. The number of hydrogen-bond acceptors (Lipinski definition) is 6. The van der Waals surface area contributed by atoms with E-state index in [4.69, 9.17) is 0 Å². The number of fused-ring (bicyclic) bond motifs is 1. The first-order valence-corrected chi connectivity index (χ1v) is 9.64. The zero-order chi connectivity index (χ0) is 20.5. The van der Waals surface area contributed by atoms with Crippen molar-refractivity contribution in [2.45, 2.75) is 13.3 Å². The van der Waals surface area contributed by atoms with Crippen LogP contribution in [0.3, 0.4) is 0 Å². The molecule has 29 heavy (non-hydrogen) atoms. The highest BCUT2D eigenvalue weighted by molar-refractivity contribution is 7.15. The molecule has 0 saturated carbocycles. The Morgan fingerprint density at radius 3 is 2.86 bits per heavy atom. The lowest BCUT2D eigenvalue weighted by Crippen LogP contribution is -2.29. The second-order valence-corrected chi connectivity index (χ2v) is 7.75. The molecule has 0 aliphatic heterocycles. The largest absolute Gasteiger partial charge is 0.329 e. The summed E-state index contributed by atoms with van der Waals surface area (Å²) in [6.45, 7) is 2.04. The maximum absolute atomic E-state index is 12.6. The fourth-order valence-corrected chi connectivity index (χ4v) is 3.83. The Balaban J connectivity index is 1.55. The summed E-state index contributed by atoms with van der Waals surface area (Å²) in [6.07, 6.45) is 2.47. The van der Waals surface area contributed by atoms with Gasteiger partial charge in [-0.3, -0.25) is 24.5 Å². The molecule has 0 radical (unpaired) electrons. The number of thiazole rings is 1. The molecule has 0 atom stereocenters. The minimum absolute atomic E-state index is 0.0912. The van der Waals surface area contributed by atoms with E-state index in [0.717, 1.165) is 11.3 Å². The van der Waals surface area contributed by atoms with E-state index in [-0.39, 0.29) is 16.7 Å². The van der Waals surface area contributed by atoms with Gasteiger partial charge in [0.2, 0.25) is 0 Å². The van der Waals surface area contributed by atoms with Crippen molar-refractivity contribution in [1.29, 1.82) is 0 Å². The number of amides is 1. The van der Waals surface area contributed by atoms with Crippen LogP contribution in [0.25, 0.3) is 11.0 Å². The molecule has 0 spiro atoms. The van der Waals surface area contributed by atoms with E-state index in [1.165, 1.54) is 46.2 Å². The van der Waals surface area contributed by atoms with Gasteiger partial charge in [0.15, 0.2) is 5.13 Å². The van der Waals surface area contributed by atoms with Crippen molar-refractivity contribution in [1.82, 2.24) is 19.5 Å². The van der Waals surface area contributed by atoms with Crippen LogP contribution in [0.2, 0.25) is 0 Å². The standard InChI is InChI=1S/C20H17N5O3S/c1-11-4-3-5-12(8-11)9-13-10-21-19(29-13)23-18(27)15-7-6-14-16(22-15)25(2)20(28)24-17(14)26/h3-8,10H,9H2,1-2H3,(H,21,23,27)(H,24,26,28). The number of carbonyl (C=O) groups excluding carboxylic acids is 1. The number of aromatic amines is 1. The van der Waals surface area contributed by atoms with Crippen LogP contribution in [-0.4, -0.2) is 25.4 Å². The summed E-state index contributed by atoms with van der Waals surface area (Å²) < 4.78 is 1.19. The van der Waals surface area contributed by atoms with Gasteiger partial charge in [0.1, 0.15) is 11.3 Å². The van der Waals surface area contributed by atoms with Gasteiger partial charge >= 0.3 is 5.69 Å². The van der Waals surface area contributed by atoms with Crippen LogP contribution < -0.4 is 16.6 Å². The maximum Gasteiger partial charge on any atom is 0.329 e. The SMILES string of the molecule is Cc1cccc(Cc2cnc(NC(=O)c3ccc4c(=O)[nH]c(=O)n(C)c4n3)s2)c1. The number of nitrogens with zero attached hydrogens (tertiary/aromatic N) is 3. The molecule has 1 amide bonds. The quantitative estimate of drug-likeness (QED) is 0.539. The third kappa shape index (κ3) is 3.85. The van der Waals surface area contributed by atoms with Crippen LogP contribution >= 0.6 is 11.3 Å². The summed E-state index contributed by atoms with van der Waals surface area (Å²) >= 11 is 1.39. The van der Waals surface area contributed by atoms with Crippen LogP contribution in [0.5, 0.6) is 0 Å². The normalized spacial score (nSPS) is 11.0. The lowest BCUT2D eigenvalue weighted by atomic mass is 10.1. The Morgan fingerprint density at radius 1 is 1.24 bits per heavy atom. The summed E-state index contributed by atoms with van der Waals surface area (Å²) in [7, 11) is 1.48. The molecule has 9 heteroatoms. The van der Waals surface area contributed by atoms with Crippen molar-refractivity contribution in [2.75, 3.05) is 5.32 Å². The van der Waals surface area contributed by atoms with E-state index < -0.39 is 17.2 Å². The Kier molecular flexibility index (Phi) is 4.81. The first kappa shape index (κ1) is 18.8. The molecule has 2 N–H and O–H groups in total. The monoisotopic (exact) mass is 407 g/mol. The van der Waals surface area contributed by atoms with Crippen molar-refractivity contribution >= 4 is 33.4 Å². The van der Waals surface area contributed by atoms with Gasteiger partial charge in [-0.05, 0) is 24.6 Å². The molecule has 1 aromatic carbocycles. The van der Waals surface area contributed by atoms with Gasteiger partial charge in [0, 0.05) is 24.5 Å².